The average molecular weight is 1440 g/mol. The highest BCUT2D eigenvalue weighted by Gasteiger charge is 2.33. The molecule has 0 aliphatic carbocycles. The van der Waals surface area contributed by atoms with Crippen LogP contribution < -0.4 is 34.3 Å². The Labute approximate surface area is 542 Å². The smallest absolute Gasteiger partial charge is 0.416 e. The number of ether oxygens (including phenoxy) is 1. The van der Waals surface area contributed by atoms with Crippen LogP contribution in [0.15, 0.2) is 204 Å². The molecule has 1 aliphatic heterocycles. The molecular weight excluding hydrogens is 1390 g/mol. The van der Waals surface area contributed by atoms with E-state index in [2.05, 4.69) is 9.97 Å². The maximum atomic E-state index is 12.7. The first-order valence-corrected chi connectivity index (χ1v) is 37.2. The molecule has 3 amide bonds. The number of alkyl halides is 3. The summed E-state index contributed by atoms with van der Waals surface area (Å²) in [4.78, 5) is 42.6. The van der Waals surface area contributed by atoms with Crippen molar-refractivity contribution >= 4 is 112 Å². The molecule has 10 aromatic rings. The van der Waals surface area contributed by atoms with Gasteiger partial charge in [0.1, 0.15) is 66.2 Å². The third kappa shape index (κ3) is 15.9. The van der Waals surface area contributed by atoms with Gasteiger partial charge in [-0.25, -0.2) is 90.1 Å². The first-order valence-electron chi connectivity index (χ1n) is 26.5. The molecule has 0 bridgehead atoms. The largest absolute Gasteiger partial charge is 0.493 e. The summed E-state index contributed by atoms with van der Waals surface area (Å²) in [5.41, 5.74) is 3.20. The van der Waals surface area contributed by atoms with Crippen LogP contribution in [-0.4, -0.2) is 84.8 Å². The van der Waals surface area contributed by atoms with E-state index in [4.69, 9.17) is 24.6 Å². The number of fused-ring (bicyclic) bond motifs is 2. The van der Waals surface area contributed by atoms with Gasteiger partial charge in [-0.2, -0.15) is 13.2 Å². The second kappa shape index (κ2) is 26.7. The summed E-state index contributed by atoms with van der Waals surface area (Å²) in [6.07, 6.45) is -3.73. The first kappa shape index (κ1) is 69.3. The van der Waals surface area contributed by atoms with E-state index in [1.54, 1.807) is 23.8 Å². The molecule has 3 aromatic heterocycles. The van der Waals surface area contributed by atoms with E-state index >= 15 is 0 Å². The lowest BCUT2D eigenvalue weighted by Gasteiger charge is -2.10. The van der Waals surface area contributed by atoms with Crippen LogP contribution in [0.5, 0.6) is 5.75 Å². The lowest BCUT2D eigenvalue weighted by Crippen LogP contribution is -2.32. The number of thiazole rings is 2. The minimum atomic E-state index is -4.62. The summed E-state index contributed by atoms with van der Waals surface area (Å²) < 4.78 is 201. The van der Waals surface area contributed by atoms with E-state index in [1.165, 1.54) is 67.6 Å². The van der Waals surface area contributed by atoms with Crippen LogP contribution in [0, 0.1) is 13.8 Å². The second-order valence-electron chi connectivity index (χ2n) is 19.9. The Kier molecular flexibility index (Phi) is 19.7. The number of halogens is 3. The zero-order valence-corrected chi connectivity index (χ0v) is 54.6. The van der Waals surface area contributed by atoms with E-state index in [1.807, 2.05) is 58.0 Å². The van der Waals surface area contributed by atoms with Crippen molar-refractivity contribution in [2.24, 2.45) is 15.4 Å². The summed E-state index contributed by atoms with van der Waals surface area (Å²) in [7, 11) is -26.6. The van der Waals surface area contributed by atoms with Crippen LogP contribution in [-0.2, 0) is 72.7 Å². The lowest BCUT2D eigenvalue weighted by atomic mass is 10.1. The van der Waals surface area contributed by atoms with Crippen LogP contribution in [0.2, 0.25) is 0 Å². The first-order chi connectivity index (χ1) is 43.9. The van der Waals surface area contributed by atoms with Gasteiger partial charge in [0.05, 0.1) is 23.6 Å². The molecule has 94 heavy (non-hydrogen) atoms. The molecule has 36 heteroatoms. The molecule has 9 N–H and O–H groups in total. The number of carbonyl (C=O) groups is 3. The standard InChI is InChI=1S/C21H16N2O6S2.C19H17N3O6S3.C18H14F3N3O5S3/c22-30(25,26)19-8-4-5-9-20(19)31(27,28)23-21(24)15-10-11-17-16(12-15)13-18(29-17)14-6-2-1-3-7-14;1-11-17(29-19(21-11)13-6-7-14-12(10-13)8-9-28-14)18(23)22-31(26,27)16-5-3-2-4-15(16)30(20,24)25;1-10-15(30-17(23-10)11-6-8-12(9-7-11)18(19,20)21)16(25)24-32(28,29)14-5-3-2-4-13(14)31(22,26)27/h1-13H,(H,23,24)(H2,22,25,26);2-7,10H,8-9H2,1H3,(H,22,23)(H2,20,24,25);2-9H,1H3,(H,24,25)(H2,22,26,27). The van der Waals surface area contributed by atoms with Crippen LogP contribution in [0.3, 0.4) is 0 Å². The highest BCUT2D eigenvalue weighted by atomic mass is 32.2. The molecule has 0 saturated heterocycles. The number of hydrogen-bond acceptors (Lipinski definition) is 21. The number of primary sulfonamides is 3. The molecule has 7 aromatic carbocycles. The minimum Gasteiger partial charge on any atom is -0.493 e. The molecule has 25 nitrogen and oxygen atoms in total. The number of benzene rings is 7. The van der Waals surface area contributed by atoms with Crippen LogP contribution in [0.1, 0.15) is 52.2 Å². The number of aryl methyl sites for hydroxylation is 2. The highest BCUT2D eigenvalue weighted by molar-refractivity contribution is 7.94. The van der Waals surface area contributed by atoms with Crippen LogP contribution in [0.4, 0.5) is 13.2 Å². The fourth-order valence-corrected chi connectivity index (χ4v) is 18.0. The van der Waals surface area contributed by atoms with Crippen LogP contribution >= 0.6 is 22.7 Å². The van der Waals surface area contributed by atoms with Gasteiger partial charge in [0, 0.05) is 34.1 Å². The Morgan fingerprint density at radius 1 is 0.479 bits per heavy atom. The van der Waals surface area contributed by atoms with Gasteiger partial charge in [-0.15, -0.1) is 22.7 Å². The van der Waals surface area contributed by atoms with Crippen molar-refractivity contribution in [3.8, 4) is 38.2 Å². The number of sulfonamides is 6. The second-order valence-corrected chi connectivity index (χ2v) is 31.4. The van der Waals surface area contributed by atoms with Gasteiger partial charge in [0.2, 0.25) is 30.1 Å². The average Bonchev–Trinajstić information content (AvgIpc) is 1.05. The third-order valence-corrected chi connectivity index (χ3v) is 23.1. The number of nitrogens with zero attached hydrogens (tertiary/aromatic N) is 2. The third-order valence-electron chi connectivity index (χ3n) is 13.3. The molecule has 1 aliphatic rings. The Hall–Kier alpha value is -9.08. The van der Waals surface area contributed by atoms with Crippen molar-refractivity contribution in [3.05, 3.63) is 208 Å². The number of carbonyl (C=O) groups excluding carboxylic acids is 3. The topological polar surface area (TPSA) is 418 Å². The zero-order valence-electron chi connectivity index (χ0n) is 48.0. The van der Waals surface area contributed by atoms with E-state index in [-0.39, 0.29) is 26.0 Å². The van der Waals surface area contributed by atoms with Gasteiger partial charge >= 0.3 is 6.18 Å². The summed E-state index contributed by atoms with van der Waals surface area (Å²) in [5, 5.41) is 16.6. The lowest BCUT2D eigenvalue weighted by molar-refractivity contribution is -0.137. The quantitative estimate of drug-likeness (QED) is 0.0575. The molecular formula is C58H47F3N8O17S8. The fraction of sp³-hybridized carbons (Fsp3) is 0.0862. The van der Waals surface area contributed by atoms with Crippen molar-refractivity contribution in [2.45, 2.75) is 55.8 Å². The molecule has 0 radical (unpaired) electrons. The Morgan fingerprint density at radius 3 is 1.34 bits per heavy atom. The van der Waals surface area contributed by atoms with E-state index in [0.717, 1.165) is 100 Å². The maximum Gasteiger partial charge on any atom is 0.416 e. The zero-order chi connectivity index (χ0) is 68.5. The highest BCUT2D eigenvalue weighted by Crippen LogP contribution is 2.36. The molecule has 0 saturated carbocycles. The molecule has 0 unspecified atom stereocenters. The molecule has 4 heterocycles. The van der Waals surface area contributed by atoms with Crippen molar-refractivity contribution in [1.82, 2.24) is 24.1 Å². The van der Waals surface area contributed by atoms with Gasteiger partial charge in [0.25, 0.3) is 47.8 Å². The van der Waals surface area contributed by atoms with E-state index in [0.29, 0.717) is 39.6 Å². The molecule has 11 rings (SSSR count). The van der Waals surface area contributed by atoms with Gasteiger partial charge in [-0.3, -0.25) is 14.4 Å². The Balaban J connectivity index is 0.000000166. The number of aromatic nitrogens is 2. The number of amides is 3. The number of rotatable bonds is 15. The predicted octanol–water partition coefficient (Wildman–Crippen LogP) is 7.59. The maximum absolute atomic E-state index is 12.7. The summed E-state index contributed by atoms with van der Waals surface area (Å²) in [6.45, 7) is 3.63. The minimum absolute atomic E-state index is 0.0598. The Morgan fingerprint density at radius 2 is 0.894 bits per heavy atom. The SMILES string of the molecule is Cc1nc(-c2ccc(C(F)(F)F)cc2)sc1C(=O)NS(=O)(=O)c1ccccc1S(N)(=O)=O.Cc1nc(-c2ccc3c(c2)CCO3)sc1C(=O)NS(=O)(=O)c1ccccc1S(N)(=O)=O.NS(=O)(=O)c1ccccc1S(=O)(=O)NC(=O)c1ccc2oc(-c3ccccc3)cc2c1. The van der Waals surface area contributed by atoms with E-state index < -0.39 is 119 Å². The molecule has 490 valence electrons. The van der Waals surface area contributed by atoms with Gasteiger partial charge in [0.15, 0.2) is 0 Å². The summed E-state index contributed by atoms with van der Waals surface area (Å²) in [6, 6.07) is 39.3. The normalized spacial score (nSPS) is 12.7. The predicted molar refractivity (Wildman–Crippen MR) is 338 cm³/mol. The van der Waals surface area contributed by atoms with Gasteiger partial charge in [-0.05, 0) is 110 Å². The van der Waals surface area contributed by atoms with Crippen molar-refractivity contribution in [3.63, 3.8) is 0 Å². The van der Waals surface area contributed by atoms with Crippen molar-refractivity contribution in [2.75, 3.05) is 6.61 Å². The van der Waals surface area contributed by atoms with Crippen molar-refractivity contribution < 1.29 is 87.2 Å². The Bertz CT molecular complexity index is 5380. The summed E-state index contributed by atoms with van der Waals surface area (Å²) >= 11 is 1.81. The fourth-order valence-electron chi connectivity index (χ4n) is 8.92. The monoisotopic (exact) mass is 1440 g/mol. The number of hydrogen-bond donors (Lipinski definition) is 6. The molecule has 0 atom stereocenters. The molecule has 0 fully saturated rings. The molecule has 0 spiro atoms. The van der Waals surface area contributed by atoms with Crippen LogP contribution in [0.25, 0.3) is 43.4 Å². The van der Waals surface area contributed by atoms with Crippen molar-refractivity contribution in [1.29, 1.82) is 0 Å². The summed E-state index contributed by atoms with van der Waals surface area (Å²) in [5.74, 6) is -1.50. The number of nitrogens with one attached hydrogen (secondary N) is 3. The number of nitrogens with two attached hydrogens (primary N) is 3. The van der Waals surface area contributed by atoms with Gasteiger partial charge < -0.3 is 9.15 Å². The number of furan rings is 1. The van der Waals surface area contributed by atoms with Gasteiger partial charge in [-0.1, -0.05) is 78.9 Å². The van der Waals surface area contributed by atoms with E-state index in [9.17, 15) is 78.1 Å².